The average molecular weight is 412 g/mol. The van der Waals surface area contributed by atoms with Gasteiger partial charge in [0, 0.05) is 19.2 Å². The maximum absolute atomic E-state index is 12.3. The van der Waals surface area contributed by atoms with Gasteiger partial charge in [-0.1, -0.05) is 30.3 Å². The van der Waals surface area contributed by atoms with Crippen molar-refractivity contribution in [3.05, 3.63) is 59.2 Å². The molecular weight excluding hydrogens is 384 g/mol. The zero-order valence-electron chi connectivity index (χ0n) is 17.9. The summed E-state index contributed by atoms with van der Waals surface area (Å²) in [5, 5.41) is 2.83. The predicted molar refractivity (Wildman–Crippen MR) is 114 cm³/mol. The zero-order chi connectivity index (χ0) is 22.1. The van der Waals surface area contributed by atoms with Crippen LogP contribution in [0.5, 0.6) is 5.75 Å². The molecule has 2 aromatic carbocycles. The van der Waals surface area contributed by atoms with Gasteiger partial charge in [-0.05, 0) is 49.1 Å². The largest absolute Gasteiger partial charge is 0.497 e. The van der Waals surface area contributed by atoms with E-state index in [4.69, 9.17) is 9.47 Å². The third-order valence-electron chi connectivity index (χ3n) is 4.69. The Hall–Kier alpha value is -3.35. The maximum atomic E-state index is 12.3. The van der Waals surface area contributed by atoms with Crippen LogP contribution in [-0.4, -0.2) is 50.0 Å². The summed E-state index contributed by atoms with van der Waals surface area (Å²) in [7, 11) is 3.09. The fraction of sp³-hybridized carbons (Fsp3) is 0.348. The topological polar surface area (TPSA) is 84.9 Å². The summed E-state index contributed by atoms with van der Waals surface area (Å²) < 4.78 is 10.1. The van der Waals surface area contributed by atoms with Crippen LogP contribution in [0.15, 0.2) is 42.5 Å². The van der Waals surface area contributed by atoms with Gasteiger partial charge < -0.3 is 19.7 Å². The summed E-state index contributed by atoms with van der Waals surface area (Å²) in [6, 6.07) is 13.1. The van der Waals surface area contributed by atoms with Gasteiger partial charge in [-0.25, -0.2) is 0 Å². The molecule has 30 heavy (non-hydrogen) atoms. The van der Waals surface area contributed by atoms with Crippen molar-refractivity contribution < 1.29 is 23.9 Å². The lowest BCUT2D eigenvalue weighted by molar-refractivity contribution is -0.151. The molecule has 0 heterocycles. The van der Waals surface area contributed by atoms with E-state index in [1.165, 1.54) is 11.9 Å². The molecule has 0 aliphatic rings. The molecule has 2 amide bonds. The van der Waals surface area contributed by atoms with Crippen molar-refractivity contribution >= 4 is 23.5 Å². The lowest BCUT2D eigenvalue weighted by atomic mass is 10.1. The van der Waals surface area contributed by atoms with Gasteiger partial charge in [-0.3, -0.25) is 14.4 Å². The number of esters is 1. The van der Waals surface area contributed by atoms with Gasteiger partial charge >= 0.3 is 5.97 Å². The minimum absolute atomic E-state index is 0.129. The van der Waals surface area contributed by atoms with Gasteiger partial charge in [-0.15, -0.1) is 0 Å². The smallest absolute Gasteiger partial charge is 0.306 e. The molecule has 7 nitrogen and oxygen atoms in total. The first-order valence-electron chi connectivity index (χ1n) is 9.68. The van der Waals surface area contributed by atoms with Crippen molar-refractivity contribution in [3.63, 3.8) is 0 Å². The number of ether oxygens (including phenoxy) is 2. The number of aryl methyl sites for hydroxylation is 3. The van der Waals surface area contributed by atoms with E-state index in [9.17, 15) is 14.4 Å². The normalized spacial score (nSPS) is 10.3. The Morgan fingerprint density at radius 1 is 1.00 bits per heavy atom. The second-order valence-electron chi connectivity index (χ2n) is 7.07. The lowest BCUT2D eigenvalue weighted by Gasteiger charge is -2.18. The number of rotatable bonds is 9. The third-order valence-corrected chi connectivity index (χ3v) is 4.69. The molecule has 0 aromatic heterocycles. The number of nitrogens with zero attached hydrogens (tertiary/aromatic N) is 1. The Bertz CT molecular complexity index is 873. The van der Waals surface area contributed by atoms with E-state index in [0.717, 1.165) is 28.1 Å². The number of amides is 2. The Balaban J connectivity index is 1.73. The van der Waals surface area contributed by atoms with Crippen LogP contribution in [0.1, 0.15) is 23.1 Å². The monoisotopic (exact) mass is 412 g/mol. The Morgan fingerprint density at radius 2 is 1.63 bits per heavy atom. The molecule has 0 fully saturated rings. The third kappa shape index (κ3) is 6.92. The molecule has 0 unspecified atom stereocenters. The van der Waals surface area contributed by atoms with Crippen molar-refractivity contribution in [2.45, 2.75) is 26.7 Å². The maximum Gasteiger partial charge on any atom is 0.306 e. The van der Waals surface area contributed by atoms with Crippen molar-refractivity contribution in [3.8, 4) is 5.75 Å². The highest BCUT2D eigenvalue weighted by molar-refractivity contribution is 5.96. The van der Waals surface area contributed by atoms with E-state index in [2.05, 4.69) is 5.32 Å². The summed E-state index contributed by atoms with van der Waals surface area (Å²) in [5.74, 6) is -0.470. The van der Waals surface area contributed by atoms with Gasteiger partial charge in [0.05, 0.1) is 13.7 Å². The van der Waals surface area contributed by atoms with Gasteiger partial charge in [0.2, 0.25) is 5.91 Å². The summed E-state index contributed by atoms with van der Waals surface area (Å²) in [6.45, 7) is 3.29. The van der Waals surface area contributed by atoms with Gasteiger partial charge in [0.25, 0.3) is 5.91 Å². The molecule has 0 aliphatic carbocycles. The Kier molecular flexibility index (Phi) is 8.41. The molecule has 0 atom stereocenters. The zero-order valence-corrected chi connectivity index (χ0v) is 17.9. The van der Waals surface area contributed by atoms with E-state index < -0.39 is 18.5 Å². The highest BCUT2D eigenvalue weighted by Crippen LogP contribution is 2.19. The fourth-order valence-corrected chi connectivity index (χ4v) is 2.86. The van der Waals surface area contributed by atoms with Crippen LogP contribution in [0.25, 0.3) is 0 Å². The molecule has 160 valence electrons. The molecular formula is C23H28N2O5. The van der Waals surface area contributed by atoms with Crippen LogP contribution in [0.2, 0.25) is 0 Å². The fourth-order valence-electron chi connectivity index (χ4n) is 2.86. The van der Waals surface area contributed by atoms with E-state index >= 15 is 0 Å². The van der Waals surface area contributed by atoms with Crippen LogP contribution >= 0.6 is 0 Å². The Labute approximate surface area is 177 Å². The second kappa shape index (κ2) is 11.0. The molecule has 2 rings (SSSR count). The molecule has 0 spiro atoms. The number of carbonyl (C=O) groups is 3. The number of nitrogens with one attached hydrogen (secondary N) is 1. The number of hydrogen-bond acceptors (Lipinski definition) is 5. The second-order valence-corrected chi connectivity index (χ2v) is 7.07. The number of benzene rings is 2. The first-order valence-corrected chi connectivity index (χ1v) is 9.68. The molecule has 0 saturated carbocycles. The van der Waals surface area contributed by atoms with E-state index in [1.54, 1.807) is 7.11 Å². The highest BCUT2D eigenvalue weighted by atomic mass is 16.5. The molecule has 0 radical (unpaired) electrons. The number of likely N-dealkylation sites (N-methyl/N-ethyl adjacent to an activating group) is 1. The first-order chi connectivity index (χ1) is 14.3. The van der Waals surface area contributed by atoms with Crippen LogP contribution in [-0.2, 0) is 25.5 Å². The Morgan fingerprint density at radius 3 is 2.23 bits per heavy atom. The van der Waals surface area contributed by atoms with Crippen molar-refractivity contribution in [1.29, 1.82) is 0 Å². The van der Waals surface area contributed by atoms with Gasteiger partial charge in [-0.2, -0.15) is 0 Å². The average Bonchev–Trinajstić information content (AvgIpc) is 2.73. The van der Waals surface area contributed by atoms with Gasteiger partial charge in [0.15, 0.2) is 6.61 Å². The quantitative estimate of drug-likeness (QED) is 0.640. The van der Waals surface area contributed by atoms with E-state index in [-0.39, 0.29) is 18.9 Å². The summed E-state index contributed by atoms with van der Waals surface area (Å²) in [4.78, 5) is 37.6. The number of anilines is 1. The molecule has 0 aliphatic heterocycles. The summed E-state index contributed by atoms with van der Waals surface area (Å²) in [5.41, 5.74) is 3.61. The van der Waals surface area contributed by atoms with Crippen molar-refractivity contribution in [2.75, 3.05) is 32.6 Å². The van der Waals surface area contributed by atoms with Crippen LogP contribution in [0.4, 0.5) is 5.69 Å². The highest BCUT2D eigenvalue weighted by Gasteiger charge is 2.16. The molecule has 1 N–H and O–H groups in total. The van der Waals surface area contributed by atoms with Crippen LogP contribution in [0.3, 0.4) is 0 Å². The number of methoxy groups -OCH3 is 1. The van der Waals surface area contributed by atoms with E-state index in [0.29, 0.717) is 6.42 Å². The minimum atomic E-state index is -0.465. The predicted octanol–water partition coefficient (Wildman–Crippen LogP) is 2.88. The van der Waals surface area contributed by atoms with Crippen LogP contribution in [0, 0.1) is 13.8 Å². The molecule has 2 aromatic rings. The van der Waals surface area contributed by atoms with E-state index in [1.807, 2.05) is 56.3 Å². The standard InChI is InChI=1S/C23H28N2O5/c1-16-6-5-7-17(2)23(16)24-20(26)14-25(3)21(27)15-30-22(28)13-10-18-8-11-19(29-4)12-9-18/h5-9,11-12H,10,13-15H2,1-4H3,(H,24,26). The van der Waals surface area contributed by atoms with Gasteiger partial charge in [0.1, 0.15) is 5.75 Å². The summed E-state index contributed by atoms with van der Waals surface area (Å²) in [6.07, 6.45) is 0.668. The number of carbonyl (C=O) groups excluding carboxylic acids is 3. The molecule has 7 heteroatoms. The first kappa shape index (κ1) is 22.9. The minimum Gasteiger partial charge on any atom is -0.497 e. The molecule has 0 bridgehead atoms. The van der Waals surface area contributed by atoms with Crippen molar-refractivity contribution in [2.24, 2.45) is 0 Å². The SMILES string of the molecule is COc1ccc(CCC(=O)OCC(=O)N(C)CC(=O)Nc2c(C)cccc2C)cc1. The van der Waals surface area contributed by atoms with Crippen LogP contribution < -0.4 is 10.1 Å². The summed E-state index contributed by atoms with van der Waals surface area (Å²) >= 11 is 0. The molecule has 0 saturated heterocycles. The van der Waals surface area contributed by atoms with Crippen molar-refractivity contribution in [1.82, 2.24) is 4.90 Å². The lowest BCUT2D eigenvalue weighted by Crippen LogP contribution is -2.37. The number of para-hydroxylation sites is 1. The number of hydrogen-bond donors (Lipinski definition) is 1.